The van der Waals surface area contributed by atoms with E-state index < -0.39 is 11.5 Å². The van der Waals surface area contributed by atoms with Gasteiger partial charge in [0.25, 0.3) is 11.5 Å². The number of carbonyl (C=O) groups is 1. The van der Waals surface area contributed by atoms with E-state index >= 15 is 0 Å². The predicted octanol–water partition coefficient (Wildman–Crippen LogP) is 3.52. The zero-order chi connectivity index (χ0) is 19.5. The van der Waals surface area contributed by atoms with E-state index in [1.807, 2.05) is 37.3 Å². The average Bonchev–Trinajstić information content (AvgIpc) is 3.17. The van der Waals surface area contributed by atoms with E-state index in [4.69, 9.17) is 0 Å². The fourth-order valence-corrected chi connectivity index (χ4v) is 3.38. The lowest BCUT2D eigenvalue weighted by molar-refractivity contribution is 0.102. The molecule has 0 fully saturated rings. The third-order valence-electron chi connectivity index (χ3n) is 4.01. The van der Waals surface area contributed by atoms with E-state index in [0.717, 1.165) is 11.1 Å². The molecule has 0 unspecified atom stereocenters. The van der Waals surface area contributed by atoms with E-state index in [1.165, 1.54) is 17.4 Å². The lowest BCUT2D eigenvalue weighted by atomic mass is 10.1. The molecule has 1 aromatic carbocycles. The molecule has 0 saturated heterocycles. The first-order chi connectivity index (χ1) is 13.6. The van der Waals surface area contributed by atoms with Crippen LogP contribution in [-0.2, 0) is 0 Å². The number of hydrogen-bond acceptors (Lipinski definition) is 6. The second-order valence-electron chi connectivity index (χ2n) is 6.07. The molecule has 0 radical (unpaired) electrons. The number of H-pyrrole nitrogens is 1. The maximum atomic E-state index is 12.5. The molecule has 0 aliphatic rings. The number of carbonyl (C=O) groups excluding carboxylic acids is 1. The smallest absolute Gasteiger partial charge is 0.263 e. The van der Waals surface area contributed by atoms with Crippen molar-refractivity contribution in [1.82, 2.24) is 20.2 Å². The van der Waals surface area contributed by atoms with Gasteiger partial charge in [0.2, 0.25) is 5.13 Å². The van der Waals surface area contributed by atoms with E-state index in [-0.39, 0.29) is 5.56 Å². The number of pyridine rings is 2. The minimum Gasteiger partial charge on any atom is -0.321 e. The van der Waals surface area contributed by atoms with Crippen molar-refractivity contribution in [1.29, 1.82) is 0 Å². The van der Waals surface area contributed by atoms with Crippen LogP contribution in [0.3, 0.4) is 0 Å². The molecule has 0 spiro atoms. The second-order valence-corrected chi connectivity index (χ2v) is 7.04. The molecular formula is C20H15N5O2S. The first-order valence-electron chi connectivity index (χ1n) is 8.47. The van der Waals surface area contributed by atoms with Crippen LogP contribution in [0.5, 0.6) is 0 Å². The van der Waals surface area contributed by atoms with Gasteiger partial charge in [0.15, 0.2) is 5.01 Å². The van der Waals surface area contributed by atoms with Crippen molar-refractivity contribution in [3.63, 3.8) is 0 Å². The van der Waals surface area contributed by atoms with Crippen molar-refractivity contribution in [2.45, 2.75) is 6.92 Å². The Morgan fingerprint density at radius 3 is 2.71 bits per heavy atom. The highest BCUT2D eigenvalue weighted by atomic mass is 32.1. The number of hydrogen-bond donors (Lipinski definition) is 2. The van der Waals surface area contributed by atoms with Crippen LogP contribution in [0.1, 0.15) is 15.9 Å². The maximum absolute atomic E-state index is 12.5. The number of rotatable bonds is 4. The predicted molar refractivity (Wildman–Crippen MR) is 108 cm³/mol. The van der Waals surface area contributed by atoms with Crippen LogP contribution >= 0.6 is 11.3 Å². The van der Waals surface area contributed by atoms with Gasteiger partial charge in [-0.25, -0.2) is 0 Å². The van der Waals surface area contributed by atoms with Crippen molar-refractivity contribution < 1.29 is 4.79 Å². The Kier molecular flexibility index (Phi) is 4.77. The third-order valence-corrected chi connectivity index (χ3v) is 4.87. The molecule has 0 atom stereocenters. The van der Waals surface area contributed by atoms with Gasteiger partial charge < -0.3 is 4.98 Å². The molecule has 1 amide bonds. The number of nitrogens with zero attached hydrogens (tertiary/aromatic N) is 3. The van der Waals surface area contributed by atoms with Crippen molar-refractivity contribution in [2.24, 2.45) is 0 Å². The summed E-state index contributed by atoms with van der Waals surface area (Å²) in [6.45, 7) is 1.98. The molecule has 7 nitrogen and oxygen atoms in total. The summed E-state index contributed by atoms with van der Waals surface area (Å²) in [6, 6.07) is 16.4. The summed E-state index contributed by atoms with van der Waals surface area (Å²) in [5.41, 5.74) is 2.82. The van der Waals surface area contributed by atoms with Crippen LogP contribution in [0, 0.1) is 6.92 Å². The van der Waals surface area contributed by atoms with Crippen molar-refractivity contribution >= 4 is 22.4 Å². The lowest BCUT2D eigenvalue weighted by Crippen LogP contribution is -2.23. The Morgan fingerprint density at radius 1 is 1.07 bits per heavy atom. The minimum absolute atomic E-state index is 0.00555. The molecule has 0 aliphatic carbocycles. The summed E-state index contributed by atoms with van der Waals surface area (Å²) in [6.07, 6.45) is 1.66. The third kappa shape index (κ3) is 3.72. The standard InChI is InChI=1S/C20H15N5O2S/c1-12-5-4-6-13(11-12)15-9-8-14(17(26)22-15)18(27)23-20-25-24-19(28-20)16-7-2-3-10-21-16/h2-11H,1H3,(H,22,26)(H,23,25,27). The summed E-state index contributed by atoms with van der Waals surface area (Å²) >= 11 is 1.19. The first-order valence-corrected chi connectivity index (χ1v) is 9.28. The van der Waals surface area contributed by atoms with Crippen molar-refractivity contribution in [3.8, 4) is 22.0 Å². The number of amides is 1. The summed E-state index contributed by atoms with van der Waals surface area (Å²) in [7, 11) is 0. The molecule has 3 heterocycles. The van der Waals surface area contributed by atoms with Gasteiger partial charge >= 0.3 is 0 Å². The van der Waals surface area contributed by atoms with Gasteiger partial charge in [-0.2, -0.15) is 0 Å². The minimum atomic E-state index is -0.541. The van der Waals surface area contributed by atoms with Crippen LogP contribution < -0.4 is 10.9 Å². The van der Waals surface area contributed by atoms with Crippen LogP contribution in [0.25, 0.3) is 22.0 Å². The van der Waals surface area contributed by atoms with Gasteiger partial charge in [0.1, 0.15) is 11.3 Å². The van der Waals surface area contributed by atoms with Crippen molar-refractivity contribution in [2.75, 3.05) is 5.32 Å². The topological polar surface area (TPSA) is 101 Å². The highest BCUT2D eigenvalue weighted by molar-refractivity contribution is 7.18. The molecule has 0 saturated carbocycles. The number of nitrogens with one attached hydrogen (secondary N) is 2. The zero-order valence-corrected chi connectivity index (χ0v) is 15.7. The van der Waals surface area contributed by atoms with E-state index in [9.17, 15) is 9.59 Å². The van der Waals surface area contributed by atoms with Gasteiger partial charge in [0.05, 0.1) is 0 Å². The van der Waals surface area contributed by atoms with E-state index in [2.05, 4.69) is 25.5 Å². The highest BCUT2D eigenvalue weighted by Crippen LogP contribution is 2.24. The normalized spacial score (nSPS) is 10.6. The quantitative estimate of drug-likeness (QED) is 0.556. The molecule has 2 N–H and O–H groups in total. The lowest BCUT2D eigenvalue weighted by Gasteiger charge is -2.05. The van der Waals surface area contributed by atoms with Crippen LogP contribution in [-0.4, -0.2) is 26.1 Å². The number of aryl methyl sites for hydroxylation is 1. The molecule has 4 aromatic rings. The molecule has 138 valence electrons. The second kappa shape index (κ2) is 7.53. The van der Waals surface area contributed by atoms with Crippen LogP contribution in [0.2, 0.25) is 0 Å². The van der Waals surface area contributed by atoms with Gasteiger partial charge in [-0.15, -0.1) is 10.2 Å². The fraction of sp³-hybridized carbons (Fsp3) is 0.0500. The number of anilines is 1. The average molecular weight is 389 g/mol. The number of aromatic nitrogens is 4. The van der Waals surface area contributed by atoms with Gasteiger partial charge in [-0.1, -0.05) is 41.2 Å². The Morgan fingerprint density at radius 2 is 1.96 bits per heavy atom. The maximum Gasteiger partial charge on any atom is 0.263 e. The van der Waals surface area contributed by atoms with Gasteiger partial charge in [0, 0.05) is 11.9 Å². The Balaban J connectivity index is 1.54. The van der Waals surface area contributed by atoms with Crippen molar-refractivity contribution in [3.05, 3.63) is 82.3 Å². The summed E-state index contributed by atoms with van der Waals surface area (Å²) < 4.78 is 0. The molecule has 4 rings (SSSR count). The largest absolute Gasteiger partial charge is 0.321 e. The summed E-state index contributed by atoms with van der Waals surface area (Å²) in [4.78, 5) is 31.8. The fourth-order valence-electron chi connectivity index (χ4n) is 2.66. The Labute approximate surface area is 164 Å². The van der Waals surface area contributed by atoms with Gasteiger partial charge in [-0.05, 0) is 42.8 Å². The Hall–Kier alpha value is -3.65. The van der Waals surface area contributed by atoms with Gasteiger partial charge in [-0.3, -0.25) is 19.9 Å². The molecule has 8 heteroatoms. The van der Waals surface area contributed by atoms with E-state index in [1.54, 1.807) is 24.4 Å². The molecule has 0 bridgehead atoms. The molecular weight excluding hydrogens is 374 g/mol. The Bertz CT molecular complexity index is 1200. The summed E-state index contributed by atoms with van der Waals surface area (Å²) in [5, 5.41) is 11.5. The number of benzene rings is 1. The summed E-state index contributed by atoms with van der Waals surface area (Å²) in [5.74, 6) is -0.541. The van der Waals surface area contributed by atoms with Crippen LogP contribution in [0.15, 0.2) is 65.6 Å². The first kappa shape index (κ1) is 17.7. The SMILES string of the molecule is Cc1cccc(-c2ccc(C(=O)Nc3nnc(-c4ccccn4)s3)c(=O)[nH]2)c1. The monoisotopic (exact) mass is 389 g/mol. The van der Waals surface area contributed by atoms with Crippen LogP contribution in [0.4, 0.5) is 5.13 Å². The highest BCUT2D eigenvalue weighted by Gasteiger charge is 2.15. The number of aromatic amines is 1. The molecule has 3 aromatic heterocycles. The van der Waals surface area contributed by atoms with E-state index in [0.29, 0.717) is 21.5 Å². The molecule has 28 heavy (non-hydrogen) atoms. The zero-order valence-electron chi connectivity index (χ0n) is 14.8. The molecule has 0 aliphatic heterocycles.